The van der Waals surface area contributed by atoms with Crippen LogP contribution in [0.1, 0.15) is 78.9 Å². The first-order valence-electron chi connectivity index (χ1n) is 10.7. The molecule has 1 heterocycles. The molecule has 152 valence electrons. The molecule has 0 bridgehead atoms. The van der Waals surface area contributed by atoms with Gasteiger partial charge in [-0.05, 0) is 91.5 Å². The van der Waals surface area contributed by atoms with Gasteiger partial charge in [-0.15, -0.1) is 0 Å². The van der Waals surface area contributed by atoms with Crippen molar-refractivity contribution in [1.29, 1.82) is 0 Å². The van der Waals surface area contributed by atoms with Gasteiger partial charge in [0.1, 0.15) is 0 Å². The second-order valence-electron chi connectivity index (χ2n) is 8.92. The van der Waals surface area contributed by atoms with Crippen molar-refractivity contribution >= 4 is 34.8 Å². The van der Waals surface area contributed by atoms with Gasteiger partial charge in [0.25, 0.3) is 5.91 Å². The number of benzene rings is 2. The quantitative estimate of drug-likeness (QED) is 0.574. The molecule has 5 heteroatoms. The molecular formula is C24H26Cl2N2O. The van der Waals surface area contributed by atoms with Gasteiger partial charge in [-0.25, -0.2) is 0 Å². The van der Waals surface area contributed by atoms with Crippen LogP contribution in [0.2, 0.25) is 10.0 Å². The summed E-state index contributed by atoms with van der Waals surface area (Å²) < 4.78 is 0. The minimum absolute atomic E-state index is 0.0608. The molecule has 0 aromatic heterocycles. The first-order chi connectivity index (χ1) is 14.0. The van der Waals surface area contributed by atoms with E-state index in [0.29, 0.717) is 11.1 Å². The summed E-state index contributed by atoms with van der Waals surface area (Å²) in [6, 6.07) is 12.3. The van der Waals surface area contributed by atoms with Crippen molar-refractivity contribution in [2.45, 2.75) is 68.9 Å². The molecule has 1 aliphatic heterocycles. The number of rotatable bonds is 3. The van der Waals surface area contributed by atoms with E-state index in [-0.39, 0.29) is 17.4 Å². The second-order valence-corrected chi connectivity index (χ2v) is 9.76. The predicted octanol–water partition coefficient (Wildman–Crippen LogP) is 6.64. The lowest BCUT2D eigenvalue weighted by Crippen LogP contribution is -2.40. The van der Waals surface area contributed by atoms with Gasteiger partial charge in [0.05, 0.1) is 6.04 Å². The summed E-state index contributed by atoms with van der Waals surface area (Å²) in [5.74, 6) is 0.0608. The van der Waals surface area contributed by atoms with E-state index in [1.165, 1.54) is 24.8 Å². The molecule has 2 aromatic rings. The summed E-state index contributed by atoms with van der Waals surface area (Å²) in [4.78, 5) is 12.7. The molecule has 2 saturated carbocycles. The fourth-order valence-corrected chi connectivity index (χ4v) is 5.74. The molecule has 1 amide bonds. The lowest BCUT2D eigenvalue weighted by Gasteiger charge is -2.42. The number of nitrogens with one attached hydrogen (secondary N) is 2. The summed E-state index contributed by atoms with van der Waals surface area (Å²) >= 11 is 12.8. The zero-order valence-corrected chi connectivity index (χ0v) is 18.0. The molecule has 1 unspecified atom stereocenters. The Morgan fingerprint density at radius 1 is 1.03 bits per heavy atom. The van der Waals surface area contributed by atoms with E-state index in [1.807, 2.05) is 24.3 Å². The number of carbonyl (C=O) groups excluding carboxylic acids is 1. The van der Waals surface area contributed by atoms with E-state index in [1.54, 1.807) is 0 Å². The minimum Gasteiger partial charge on any atom is -0.378 e. The van der Waals surface area contributed by atoms with E-state index in [0.717, 1.165) is 53.9 Å². The van der Waals surface area contributed by atoms with Crippen LogP contribution in [0.15, 0.2) is 36.4 Å². The van der Waals surface area contributed by atoms with Crippen molar-refractivity contribution in [1.82, 2.24) is 5.32 Å². The molecule has 2 aromatic carbocycles. The van der Waals surface area contributed by atoms with Crippen LogP contribution in [-0.4, -0.2) is 11.9 Å². The largest absolute Gasteiger partial charge is 0.378 e. The molecule has 3 aliphatic rings. The summed E-state index contributed by atoms with van der Waals surface area (Å²) in [6.45, 7) is 0. The van der Waals surface area contributed by atoms with Crippen molar-refractivity contribution in [2.75, 3.05) is 5.32 Å². The molecule has 2 aliphatic carbocycles. The SMILES string of the molecule is O=C(NC1CCC1)c1ccc2c(c1)C1(CCCC1)CC(c1cc(Cl)ccc1Cl)N2. The van der Waals surface area contributed by atoms with Crippen LogP contribution in [0, 0.1) is 0 Å². The third kappa shape index (κ3) is 3.53. The smallest absolute Gasteiger partial charge is 0.251 e. The van der Waals surface area contributed by atoms with Gasteiger partial charge in [-0.3, -0.25) is 4.79 Å². The number of halogens is 2. The van der Waals surface area contributed by atoms with Crippen LogP contribution < -0.4 is 10.6 Å². The summed E-state index contributed by atoms with van der Waals surface area (Å²) in [5, 5.41) is 8.32. The molecule has 1 spiro atoms. The van der Waals surface area contributed by atoms with E-state index >= 15 is 0 Å². The van der Waals surface area contributed by atoms with Gasteiger partial charge in [0, 0.05) is 27.3 Å². The molecule has 0 radical (unpaired) electrons. The van der Waals surface area contributed by atoms with E-state index in [2.05, 4.69) is 22.8 Å². The van der Waals surface area contributed by atoms with E-state index in [4.69, 9.17) is 23.2 Å². The van der Waals surface area contributed by atoms with Crippen LogP contribution in [0.4, 0.5) is 5.69 Å². The number of fused-ring (bicyclic) bond motifs is 2. The normalized spacial score (nSPS) is 22.6. The number of anilines is 1. The summed E-state index contributed by atoms with van der Waals surface area (Å²) in [5.41, 5.74) is 4.36. The van der Waals surface area contributed by atoms with Crippen LogP contribution in [0.25, 0.3) is 0 Å². The second kappa shape index (κ2) is 7.52. The molecule has 3 nitrogen and oxygen atoms in total. The molecule has 2 fully saturated rings. The third-order valence-corrected chi connectivity index (χ3v) is 7.69. The Balaban J connectivity index is 1.50. The van der Waals surface area contributed by atoms with Gasteiger partial charge in [-0.2, -0.15) is 0 Å². The first kappa shape index (κ1) is 19.3. The van der Waals surface area contributed by atoms with Crippen LogP contribution in [0.5, 0.6) is 0 Å². The maximum Gasteiger partial charge on any atom is 0.251 e. The Morgan fingerprint density at radius 2 is 1.83 bits per heavy atom. The maximum absolute atomic E-state index is 12.7. The molecule has 2 N–H and O–H groups in total. The average molecular weight is 429 g/mol. The van der Waals surface area contributed by atoms with Gasteiger partial charge in [0.15, 0.2) is 0 Å². The number of hydrogen-bond acceptors (Lipinski definition) is 2. The topological polar surface area (TPSA) is 41.1 Å². The zero-order valence-electron chi connectivity index (χ0n) is 16.4. The third-order valence-electron chi connectivity index (χ3n) is 7.11. The Labute approximate surface area is 182 Å². The zero-order chi connectivity index (χ0) is 20.0. The number of amides is 1. The fourth-order valence-electron chi connectivity index (χ4n) is 5.31. The Hall–Kier alpha value is -1.71. The van der Waals surface area contributed by atoms with E-state index in [9.17, 15) is 4.79 Å². The number of hydrogen-bond donors (Lipinski definition) is 2. The Kier molecular flexibility index (Phi) is 4.99. The average Bonchev–Trinajstić information content (AvgIpc) is 3.15. The van der Waals surface area contributed by atoms with Crippen LogP contribution in [-0.2, 0) is 5.41 Å². The molecular weight excluding hydrogens is 403 g/mol. The Morgan fingerprint density at radius 3 is 2.55 bits per heavy atom. The van der Waals surface area contributed by atoms with Crippen molar-refractivity contribution in [3.8, 4) is 0 Å². The minimum atomic E-state index is 0.0608. The summed E-state index contributed by atoms with van der Waals surface area (Å²) in [7, 11) is 0. The van der Waals surface area contributed by atoms with E-state index < -0.39 is 0 Å². The van der Waals surface area contributed by atoms with Gasteiger partial charge >= 0.3 is 0 Å². The monoisotopic (exact) mass is 428 g/mol. The molecule has 1 atom stereocenters. The van der Waals surface area contributed by atoms with Gasteiger partial charge in [0.2, 0.25) is 0 Å². The van der Waals surface area contributed by atoms with Gasteiger partial charge < -0.3 is 10.6 Å². The maximum atomic E-state index is 12.7. The van der Waals surface area contributed by atoms with Crippen LogP contribution in [0.3, 0.4) is 0 Å². The molecule has 5 rings (SSSR count). The summed E-state index contributed by atoms with van der Waals surface area (Å²) in [6.07, 6.45) is 9.17. The lowest BCUT2D eigenvalue weighted by atomic mass is 9.69. The highest BCUT2D eigenvalue weighted by atomic mass is 35.5. The standard InChI is InChI=1S/C24H26Cl2N2O/c25-16-7-8-20(26)18(13-16)22-14-24(10-1-2-11-24)19-12-15(6-9-21(19)28-22)23(29)27-17-4-3-5-17/h6-9,12-13,17,22,28H,1-5,10-11,14H2,(H,27,29). The fraction of sp³-hybridized carbons (Fsp3) is 0.458. The highest BCUT2D eigenvalue weighted by Crippen LogP contribution is 2.53. The lowest BCUT2D eigenvalue weighted by molar-refractivity contribution is 0.0917. The van der Waals surface area contributed by atoms with Crippen molar-refractivity contribution in [3.05, 3.63) is 63.1 Å². The molecule has 29 heavy (non-hydrogen) atoms. The van der Waals surface area contributed by atoms with Crippen LogP contribution >= 0.6 is 23.2 Å². The van der Waals surface area contributed by atoms with Gasteiger partial charge in [-0.1, -0.05) is 36.0 Å². The highest BCUT2D eigenvalue weighted by Gasteiger charge is 2.43. The van der Waals surface area contributed by atoms with Crippen molar-refractivity contribution in [2.24, 2.45) is 0 Å². The van der Waals surface area contributed by atoms with Crippen molar-refractivity contribution in [3.63, 3.8) is 0 Å². The number of carbonyl (C=O) groups is 1. The van der Waals surface area contributed by atoms with Crippen molar-refractivity contribution < 1.29 is 4.79 Å². The Bertz CT molecular complexity index is 948. The highest BCUT2D eigenvalue weighted by molar-refractivity contribution is 6.33. The molecule has 0 saturated heterocycles. The predicted molar refractivity (Wildman–Crippen MR) is 119 cm³/mol. The first-order valence-corrected chi connectivity index (χ1v) is 11.5.